The molecule has 8 N–H and O–H groups in total. The molecule has 12 heteroatoms. The summed E-state index contributed by atoms with van der Waals surface area (Å²) < 4.78 is 0. The molecule has 1 amide bonds. The molecule has 0 spiro atoms. The second-order valence-electron chi connectivity index (χ2n) is 7.58. The summed E-state index contributed by atoms with van der Waals surface area (Å²) in [5.74, 6) is -0.250. The minimum absolute atomic E-state index is 0.00932. The lowest BCUT2D eigenvalue weighted by Crippen LogP contribution is -2.39. The second-order valence-corrected chi connectivity index (χ2v) is 7.58. The summed E-state index contributed by atoms with van der Waals surface area (Å²) in [5, 5.41) is 29.7. The first-order valence-corrected chi connectivity index (χ1v) is 10.9. The number of amidine groups is 1. The van der Waals surface area contributed by atoms with Crippen molar-refractivity contribution in [2.45, 2.75) is 12.6 Å². The topological polar surface area (TPSA) is 214 Å². The Balaban J connectivity index is 1.85. The minimum Gasteiger partial charge on any atom is -0.385 e. The van der Waals surface area contributed by atoms with Crippen molar-refractivity contribution in [1.82, 2.24) is 10.6 Å². The molecule has 1 atom stereocenters. The van der Waals surface area contributed by atoms with Crippen molar-refractivity contribution < 1.29 is 4.79 Å². The van der Waals surface area contributed by atoms with E-state index in [1.165, 1.54) is 6.20 Å². The van der Waals surface area contributed by atoms with E-state index in [1.54, 1.807) is 42.5 Å². The van der Waals surface area contributed by atoms with Gasteiger partial charge in [0.1, 0.15) is 11.9 Å². The van der Waals surface area contributed by atoms with Gasteiger partial charge in [0.25, 0.3) is 5.91 Å². The number of anilines is 1. The van der Waals surface area contributed by atoms with Gasteiger partial charge in [0, 0.05) is 34.5 Å². The summed E-state index contributed by atoms with van der Waals surface area (Å²) in [6, 6.07) is 15.7. The number of nitrogens with two attached hydrogens (primary N) is 2. The van der Waals surface area contributed by atoms with Gasteiger partial charge in [0.15, 0.2) is 0 Å². The predicted molar refractivity (Wildman–Crippen MR) is 138 cm³/mol. The van der Waals surface area contributed by atoms with Crippen molar-refractivity contribution in [2.75, 3.05) is 18.5 Å². The first-order valence-electron chi connectivity index (χ1n) is 10.9. The molecule has 1 unspecified atom stereocenters. The molecule has 36 heavy (non-hydrogen) atoms. The van der Waals surface area contributed by atoms with Crippen LogP contribution in [-0.4, -0.2) is 36.7 Å². The highest BCUT2D eigenvalue weighted by molar-refractivity contribution is 6.24. The zero-order valence-electron chi connectivity index (χ0n) is 19.3. The van der Waals surface area contributed by atoms with E-state index in [0.717, 1.165) is 5.56 Å². The van der Waals surface area contributed by atoms with Gasteiger partial charge in [-0.1, -0.05) is 35.4 Å². The third-order valence-corrected chi connectivity index (χ3v) is 5.20. The van der Waals surface area contributed by atoms with E-state index >= 15 is 0 Å². The fourth-order valence-corrected chi connectivity index (χ4v) is 3.41. The van der Waals surface area contributed by atoms with E-state index in [9.17, 15) is 4.79 Å². The Labute approximate surface area is 207 Å². The summed E-state index contributed by atoms with van der Waals surface area (Å²) in [4.78, 5) is 20.1. The standard InChI is InChI=1S/C24H25N11O/c25-10-15-5-7-16(8-6-15)11-30-13-22(19(27)12-32-35-29)34-24(36)18-9-21(23(28)31-14-26)33-20-4-2-1-3-17(18)20/h1-9,13,21,27,30,33H,11-12,14,26H2,(H2,28,31)(H,34,36)/b22-13+,27-19?. The van der Waals surface area contributed by atoms with Crippen LogP contribution in [0.1, 0.15) is 16.7 Å². The Kier molecular flexibility index (Phi) is 8.77. The Hall–Kier alpha value is -5.11. The zero-order chi connectivity index (χ0) is 25.9. The molecular weight excluding hydrogens is 458 g/mol. The highest BCUT2D eigenvalue weighted by Gasteiger charge is 2.25. The molecule has 0 radical (unpaired) electrons. The number of nitrogens with zero attached hydrogens (tertiary/aromatic N) is 5. The third kappa shape index (κ3) is 6.48. The van der Waals surface area contributed by atoms with Crippen molar-refractivity contribution in [2.24, 2.45) is 21.6 Å². The van der Waals surface area contributed by atoms with Gasteiger partial charge in [-0.2, -0.15) is 5.26 Å². The maximum absolute atomic E-state index is 13.4. The number of carbonyl (C=O) groups is 1. The Morgan fingerprint density at radius 2 is 2.03 bits per heavy atom. The number of benzene rings is 2. The van der Waals surface area contributed by atoms with Crippen LogP contribution in [-0.2, 0) is 11.3 Å². The molecular formula is C24H25N11O. The summed E-state index contributed by atoms with van der Waals surface area (Å²) in [6.45, 7) is 0.135. The van der Waals surface area contributed by atoms with Gasteiger partial charge in [0.05, 0.1) is 36.3 Å². The lowest BCUT2D eigenvalue weighted by Gasteiger charge is -2.26. The molecule has 2 aromatic carbocycles. The Morgan fingerprint density at radius 1 is 1.28 bits per heavy atom. The predicted octanol–water partition coefficient (Wildman–Crippen LogP) is 2.09. The highest BCUT2D eigenvalue weighted by atomic mass is 16.1. The first-order chi connectivity index (χ1) is 17.5. The maximum Gasteiger partial charge on any atom is 0.256 e. The second kappa shape index (κ2) is 12.4. The molecule has 0 fully saturated rings. The van der Waals surface area contributed by atoms with E-state index < -0.39 is 11.9 Å². The van der Waals surface area contributed by atoms with Gasteiger partial charge in [-0.3, -0.25) is 9.79 Å². The largest absolute Gasteiger partial charge is 0.385 e. The van der Waals surface area contributed by atoms with Crippen LogP contribution in [0.15, 0.2) is 76.6 Å². The lowest BCUT2D eigenvalue weighted by atomic mass is 9.95. The number of carbonyl (C=O) groups excluding carboxylic acids is 1. The van der Waals surface area contributed by atoms with Crippen molar-refractivity contribution >= 4 is 28.7 Å². The number of aliphatic imine (C=N–C) groups is 1. The number of hydrogen-bond acceptors (Lipinski definition) is 8. The smallest absolute Gasteiger partial charge is 0.256 e. The monoisotopic (exact) mass is 483 g/mol. The molecule has 1 aliphatic heterocycles. The van der Waals surface area contributed by atoms with Gasteiger partial charge >= 0.3 is 0 Å². The van der Waals surface area contributed by atoms with Gasteiger partial charge in [0.2, 0.25) is 0 Å². The number of hydrogen-bond donors (Lipinski definition) is 6. The quantitative estimate of drug-likeness (QED) is 0.0977. The van der Waals surface area contributed by atoms with Gasteiger partial charge in [-0.15, -0.1) is 0 Å². The zero-order valence-corrected chi connectivity index (χ0v) is 19.3. The summed E-state index contributed by atoms with van der Waals surface area (Å²) >= 11 is 0. The molecule has 3 rings (SSSR count). The van der Waals surface area contributed by atoms with E-state index in [4.69, 9.17) is 27.7 Å². The average molecular weight is 484 g/mol. The fourth-order valence-electron chi connectivity index (χ4n) is 3.41. The first kappa shape index (κ1) is 25.5. The van der Waals surface area contributed by atoms with Crippen molar-refractivity contribution in [3.8, 4) is 6.07 Å². The number of para-hydroxylation sites is 1. The number of amides is 1. The molecule has 0 saturated carbocycles. The molecule has 0 saturated heterocycles. The van der Waals surface area contributed by atoms with Crippen LogP contribution in [0.4, 0.5) is 5.69 Å². The molecule has 0 bridgehead atoms. The molecule has 1 aliphatic rings. The van der Waals surface area contributed by atoms with E-state index in [0.29, 0.717) is 28.9 Å². The summed E-state index contributed by atoms with van der Waals surface area (Å²) in [5.41, 5.74) is 23.3. The van der Waals surface area contributed by atoms with E-state index in [-0.39, 0.29) is 30.5 Å². The van der Waals surface area contributed by atoms with Crippen LogP contribution in [0, 0.1) is 16.7 Å². The summed E-state index contributed by atoms with van der Waals surface area (Å²) in [6.07, 6.45) is 3.12. The van der Waals surface area contributed by atoms with Crippen LogP contribution in [0.2, 0.25) is 0 Å². The fraction of sp³-hybridized carbons (Fsp3) is 0.167. The molecule has 12 nitrogen and oxygen atoms in total. The van der Waals surface area contributed by atoms with Crippen LogP contribution in [0.25, 0.3) is 16.0 Å². The summed E-state index contributed by atoms with van der Waals surface area (Å²) in [7, 11) is 0. The van der Waals surface area contributed by atoms with Gasteiger partial charge in [-0.25, -0.2) is 0 Å². The Morgan fingerprint density at radius 3 is 2.72 bits per heavy atom. The van der Waals surface area contributed by atoms with E-state index in [1.807, 2.05) is 12.1 Å². The number of fused-ring (bicyclic) bond motifs is 1. The van der Waals surface area contributed by atoms with Crippen LogP contribution in [0.5, 0.6) is 0 Å². The van der Waals surface area contributed by atoms with Crippen molar-refractivity contribution in [3.63, 3.8) is 0 Å². The molecule has 182 valence electrons. The van der Waals surface area contributed by atoms with E-state index in [2.05, 4.69) is 37.0 Å². The molecule has 0 aliphatic carbocycles. The maximum atomic E-state index is 13.4. The average Bonchev–Trinajstić information content (AvgIpc) is 2.90. The highest BCUT2D eigenvalue weighted by Crippen LogP contribution is 2.30. The lowest BCUT2D eigenvalue weighted by molar-refractivity contribution is -0.114. The molecule has 0 aromatic heterocycles. The SMILES string of the molecule is N#Cc1ccc(CN/C=C(/NC(=O)C2=CC(/C(N)=N/CN)Nc3ccccc32)C(=N)CN=[N+]=[N-])cc1. The normalized spacial score (nSPS) is 14.8. The van der Waals surface area contributed by atoms with Crippen LogP contribution in [0.3, 0.4) is 0 Å². The number of azide groups is 1. The molecule has 1 heterocycles. The van der Waals surface area contributed by atoms with Crippen molar-refractivity contribution in [1.29, 1.82) is 10.7 Å². The third-order valence-electron chi connectivity index (χ3n) is 5.20. The Bertz CT molecular complexity index is 1310. The van der Waals surface area contributed by atoms with Crippen molar-refractivity contribution in [3.05, 3.63) is 93.6 Å². The minimum atomic E-state index is -0.547. The number of rotatable bonds is 10. The van der Waals surface area contributed by atoms with Crippen LogP contribution >= 0.6 is 0 Å². The van der Waals surface area contributed by atoms with Crippen LogP contribution < -0.4 is 27.4 Å². The number of nitriles is 1. The number of nitrogens with one attached hydrogen (secondary N) is 4. The molecule has 2 aromatic rings. The van der Waals surface area contributed by atoms with Gasteiger partial charge in [-0.05, 0) is 35.4 Å². The van der Waals surface area contributed by atoms with Gasteiger partial charge < -0.3 is 32.8 Å².